The van der Waals surface area contributed by atoms with Gasteiger partial charge in [0.2, 0.25) is 5.95 Å². The lowest BCUT2D eigenvalue weighted by atomic mass is 10.1. The van der Waals surface area contributed by atoms with E-state index in [9.17, 15) is 19.4 Å². The summed E-state index contributed by atoms with van der Waals surface area (Å²) < 4.78 is 31.2. The molecule has 3 rings (SSSR count). The number of aromatic amines is 1. The fourth-order valence-electron chi connectivity index (χ4n) is 3.45. The first-order valence-corrected chi connectivity index (χ1v) is 15.3. The van der Waals surface area contributed by atoms with Gasteiger partial charge >= 0.3 is 8.25 Å². The highest BCUT2D eigenvalue weighted by Gasteiger charge is 2.54. The van der Waals surface area contributed by atoms with Crippen LogP contribution >= 0.6 is 8.25 Å². The van der Waals surface area contributed by atoms with Crippen molar-refractivity contribution in [2.75, 3.05) is 18.5 Å². The molecule has 4 N–H and O–H groups in total. The Kier molecular flexibility index (Phi) is 7.98. The Labute approximate surface area is 200 Å². The lowest BCUT2D eigenvalue weighted by Crippen LogP contribution is -2.50. The van der Waals surface area contributed by atoms with Crippen LogP contribution in [0.1, 0.15) is 40.8 Å². The summed E-state index contributed by atoms with van der Waals surface area (Å²) in [6, 6.07) is 0. The van der Waals surface area contributed by atoms with Crippen molar-refractivity contribution in [3.63, 3.8) is 0 Å². The maximum Gasteiger partial charge on any atom is 0.695 e. The average molecular weight is 517 g/mol. The van der Waals surface area contributed by atoms with E-state index in [-0.39, 0.29) is 28.8 Å². The Morgan fingerprint density at radius 3 is 2.59 bits per heavy atom. The van der Waals surface area contributed by atoms with Gasteiger partial charge in [0.1, 0.15) is 12.2 Å². The summed E-state index contributed by atoms with van der Waals surface area (Å²) in [5, 5.41) is 13.0. The van der Waals surface area contributed by atoms with Crippen molar-refractivity contribution in [2.45, 2.75) is 77.3 Å². The SMILES string of the molecule is CC(C)CNc1nc2c(ncn2[C@@H]2O[C@H](CO)[C@@H](O[Si](C)(C)C(C)(C)C)[C@H]2O[P+](=O)O)c(=O)[nH]1. The zero-order valence-electron chi connectivity index (χ0n) is 20.6. The second-order valence-electron chi connectivity index (χ2n) is 10.4. The number of nitrogens with zero attached hydrogens (tertiary/aromatic N) is 3. The summed E-state index contributed by atoms with van der Waals surface area (Å²) in [5.74, 6) is 0.589. The number of H-pyrrole nitrogens is 1. The number of aromatic nitrogens is 4. The summed E-state index contributed by atoms with van der Waals surface area (Å²) in [6.07, 6.45) is -2.33. The molecule has 1 aliphatic heterocycles. The number of hydrogen-bond acceptors (Lipinski definition) is 9. The first-order valence-electron chi connectivity index (χ1n) is 11.2. The Morgan fingerprint density at radius 1 is 1.35 bits per heavy atom. The van der Waals surface area contributed by atoms with Crippen LogP contribution in [0.2, 0.25) is 18.1 Å². The van der Waals surface area contributed by atoms with Crippen LogP contribution in [-0.2, 0) is 18.3 Å². The Bertz CT molecular complexity index is 1080. The van der Waals surface area contributed by atoms with Gasteiger partial charge in [0, 0.05) is 11.1 Å². The predicted octanol–water partition coefficient (Wildman–Crippen LogP) is 2.50. The zero-order chi connectivity index (χ0) is 25.4. The Balaban J connectivity index is 2.05. The van der Waals surface area contributed by atoms with E-state index in [0.717, 1.165) is 0 Å². The molecule has 0 bridgehead atoms. The van der Waals surface area contributed by atoms with Crippen molar-refractivity contribution in [3.05, 3.63) is 16.7 Å². The van der Waals surface area contributed by atoms with E-state index in [4.69, 9.17) is 13.7 Å². The van der Waals surface area contributed by atoms with Crippen LogP contribution in [0.15, 0.2) is 11.1 Å². The number of rotatable bonds is 9. The molecule has 3 heterocycles. The first-order chi connectivity index (χ1) is 15.7. The second kappa shape index (κ2) is 10.1. The minimum absolute atomic E-state index is 0.0835. The topological polar surface area (TPSA) is 161 Å². The van der Waals surface area contributed by atoms with Crippen LogP contribution in [0.4, 0.5) is 5.95 Å². The van der Waals surface area contributed by atoms with E-state index < -0.39 is 46.7 Å². The van der Waals surface area contributed by atoms with Gasteiger partial charge in [0.15, 0.2) is 31.8 Å². The number of nitrogens with one attached hydrogen (secondary N) is 2. The molecular weight excluding hydrogens is 481 g/mol. The number of aliphatic hydroxyl groups excluding tert-OH is 1. The van der Waals surface area contributed by atoms with Gasteiger partial charge in [0.25, 0.3) is 5.56 Å². The molecule has 0 saturated carbocycles. The monoisotopic (exact) mass is 516 g/mol. The molecule has 1 fully saturated rings. The van der Waals surface area contributed by atoms with Crippen molar-refractivity contribution in [3.8, 4) is 0 Å². The summed E-state index contributed by atoms with van der Waals surface area (Å²) in [6.45, 7) is 14.5. The van der Waals surface area contributed by atoms with Crippen molar-refractivity contribution in [1.29, 1.82) is 0 Å². The molecular formula is C20H35N5O7PSi+. The zero-order valence-corrected chi connectivity index (χ0v) is 22.5. The quantitative estimate of drug-likeness (QED) is 0.288. The molecule has 12 nitrogen and oxygen atoms in total. The molecule has 0 radical (unpaired) electrons. The number of hydrogen-bond donors (Lipinski definition) is 4. The summed E-state index contributed by atoms with van der Waals surface area (Å²) in [5.41, 5.74) is -0.141. The smallest absolute Gasteiger partial charge is 0.408 e. The standard InChI is InChI=1S/C20H34N5O7PSi/c1-11(2)8-21-19-23-16-13(17(27)24-19)22-10-25(16)18-15(31-33(28)29)14(12(9-26)30-18)32-34(6,7)20(3,4)5/h10-12,14-15,18,26H,8-9H2,1-7H3,(H2-,21,23,24,27,28,29)/p+1/t12-,14-,15-,18-/m1/s1. The van der Waals surface area contributed by atoms with Crippen LogP contribution in [0.25, 0.3) is 11.2 Å². The molecule has 1 saturated heterocycles. The van der Waals surface area contributed by atoms with Gasteiger partial charge in [-0.05, 0) is 24.1 Å². The number of imidazole rings is 1. The summed E-state index contributed by atoms with van der Waals surface area (Å²) in [7, 11) is -5.40. The van der Waals surface area contributed by atoms with E-state index in [1.165, 1.54) is 10.9 Å². The van der Waals surface area contributed by atoms with E-state index in [0.29, 0.717) is 12.5 Å². The molecule has 2 aromatic heterocycles. The highest BCUT2D eigenvalue weighted by molar-refractivity contribution is 7.32. The molecule has 0 spiro atoms. The lowest BCUT2D eigenvalue weighted by Gasteiger charge is -2.39. The average Bonchev–Trinajstić information content (AvgIpc) is 3.27. The van der Waals surface area contributed by atoms with Gasteiger partial charge in [-0.25, -0.2) is 4.98 Å². The third kappa shape index (κ3) is 5.56. The minimum Gasteiger partial charge on any atom is -0.408 e. The normalized spacial score (nSPS) is 24.2. The van der Waals surface area contributed by atoms with E-state index >= 15 is 0 Å². The fraction of sp³-hybridized carbons (Fsp3) is 0.750. The Hall–Kier alpha value is -1.73. The van der Waals surface area contributed by atoms with E-state index in [1.54, 1.807) is 0 Å². The molecule has 14 heteroatoms. The lowest BCUT2D eigenvalue weighted by molar-refractivity contribution is -0.0480. The highest BCUT2D eigenvalue weighted by atomic mass is 31.1. The van der Waals surface area contributed by atoms with E-state index in [2.05, 4.69) is 41.0 Å². The van der Waals surface area contributed by atoms with Crippen LogP contribution < -0.4 is 10.9 Å². The molecule has 0 aromatic carbocycles. The molecule has 190 valence electrons. The van der Waals surface area contributed by atoms with Gasteiger partial charge in [-0.3, -0.25) is 14.3 Å². The summed E-state index contributed by atoms with van der Waals surface area (Å²) in [4.78, 5) is 33.5. The summed E-state index contributed by atoms with van der Waals surface area (Å²) >= 11 is 0. The van der Waals surface area contributed by atoms with Gasteiger partial charge in [-0.1, -0.05) is 34.6 Å². The number of aliphatic hydroxyl groups is 1. The van der Waals surface area contributed by atoms with Crippen LogP contribution in [-0.4, -0.2) is 69.3 Å². The van der Waals surface area contributed by atoms with Gasteiger partial charge in [0.05, 0.1) is 12.9 Å². The third-order valence-corrected chi connectivity index (χ3v) is 11.2. The van der Waals surface area contributed by atoms with Crippen LogP contribution in [0, 0.1) is 5.92 Å². The number of ether oxygens (including phenoxy) is 1. The fourth-order valence-corrected chi connectivity index (χ4v) is 5.20. The number of fused-ring (bicyclic) bond motifs is 1. The maximum atomic E-state index is 12.6. The Morgan fingerprint density at radius 2 is 2.03 bits per heavy atom. The molecule has 1 aliphatic rings. The largest absolute Gasteiger partial charge is 0.695 e. The third-order valence-electron chi connectivity index (χ3n) is 6.30. The first kappa shape index (κ1) is 26.9. The molecule has 2 aromatic rings. The van der Waals surface area contributed by atoms with E-state index in [1.807, 2.05) is 26.9 Å². The molecule has 1 unspecified atom stereocenters. The van der Waals surface area contributed by atoms with Crippen LogP contribution in [0.3, 0.4) is 0 Å². The molecule has 0 amide bonds. The van der Waals surface area contributed by atoms with Crippen LogP contribution in [0.5, 0.6) is 0 Å². The molecule has 34 heavy (non-hydrogen) atoms. The van der Waals surface area contributed by atoms with Crippen molar-refractivity contribution in [2.24, 2.45) is 5.92 Å². The number of anilines is 1. The predicted molar refractivity (Wildman–Crippen MR) is 129 cm³/mol. The van der Waals surface area contributed by atoms with Crippen molar-refractivity contribution < 1.29 is 28.3 Å². The second-order valence-corrected chi connectivity index (χ2v) is 15.9. The van der Waals surface area contributed by atoms with Gasteiger partial charge < -0.3 is 19.6 Å². The maximum absolute atomic E-state index is 12.6. The van der Waals surface area contributed by atoms with Crippen molar-refractivity contribution >= 4 is 33.7 Å². The molecule has 5 atom stereocenters. The van der Waals surface area contributed by atoms with Gasteiger partial charge in [-0.2, -0.15) is 4.98 Å². The van der Waals surface area contributed by atoms with Crippen molar-refractivity contribution in [1.82, 2.24) is 19.5 Å². The highest BCUT2D eigenvalue weighted by Crippen LogP contribution is 2.44. The van der Waals surface area contributed by atoms with Gasteiger partial charge in [-0.15, -0.1) is 9.42 Å². The minimum atomic E-state index is -3.01. The molecule has 0 aliphatic carbocycles.